The van der Waals surface area contributed by atoms with Crippen LogP contribution in [0.5, 0.6) is 0 Å². The summed E-state index contributed by atoms with van der Waals surface area (Å²) in [4.78, 5) is 25.4. The summed E-state index contributed by atoms with van der Waals surface area (Å²) in [5, 5.41) is 6.01. The fourth-order valence-electron chi connectivity index (χ4n) is 3.06. The van der Waals surface area contributed by atoms with E-state index < -0.39 is 5.60 Å². The molecule has 1 saturated carbocycles. The highest BCUT2D eigenvalue weighted by molar-refractivity contribution is 7.13. The summed E-state index contributed by atoms with van der Waals surface area (Å²) in [7, 11) is 0. The molecule has 8 nitrogen and oxygen atoms in total. The van der Waals surface area contributed by atoms with E-state index in [2.05, 4.69) is 25.1 Å². The maximum absolute atomic E-state index is 12.1. The van der Waals surface area contributed by atoms with Crippen molar-refractivity contribution >= 4 is 28.5 Å². The van der Waals surface area contributed by atoms with Gasteiger partial charge < -0.3 is 25.6 Å². The van der Waals surface area contributed by atoms with Crippen LogP contribution in [0.15, 0.2) is 16.6 Å². The molecule has 9 heteroatoms. The van der Waals surface area contributed by atoms with Gasteiger partial charge >= 0.3 is 6.09 Å². The zero-order valence-corrected chi connectivity index (χ0v) is 17.2. The number of aliphatic imine (C=N–C) groups is 1. The molecule has 1 amide bonds. The van der Waals surface area contributed by atoms with E-state index in [-0.39, 0.29) is 12.1 Å². The van der Waals surface area contributed by atoms with E-state index in [9.17, 15) is 4.79 Å². The molecule has 2 fully saturated rings. The van der Waals surface area contributed by atoms with Gasteiger partial charge in [0.1, 0.15) is 5.60 Å². The number of rotatable bonds is 5. The third kappa shape index (κ3) is 5.98. The Morgan fingerprint density at radius 2 is 2.11 bits per heavy atom. The number of amides is 1. The van der Waals surface area contributed by atoms with Crippen LogP contribution >= 0.6 is 11.3 Å². The molecule has 2 aliphatic rings. The minimum absolute atomic E-state index is 0.0185. The lowest BCUT2D eigenvalue weighted by molar-refractivity contribution is 0.0500. The largest absolute Gasteiger partial charge is 0.444 e. The molecule has 1 aromatic rings. The third-order valence-corrected chi connectivity index (χ3v) is 5.47. The molecule has 3 N–H and O–H groups in total. The van der Waals surface area contributed by atoms with Gasteiger partial charge in [-0.2, -0.15) is 0 Å². The maximum Gasteiger partial charge on any atom is 0.407 e. The van der Waals surface area contributed by atoms with E-state index in [4.69, 9.17) is 10.5 Å². The topological polar surface area (TPSA) is 96.1 Å². The molecule has 1 aliphatic heterocycles. The Morgan fingerprint density at radius 1 is 1.41 bits per heavy atom. The van der Waals surface area contributed by atoms with Crippen molar-refractivity contribution in [1.82, 2.24) is 15.2 Å². The van der Waals surface area contributed by atoms with E-state index in [0.717, 1.165) is 44.2 Å². The number of anilines is 1. The second-order valence-corrected chi connectivity index (χ2v) is 8.95. The monoisotopic (exact) mass is 394 g/mol. The van der Waals surface area contributed by atoms with Crippen molar-refractivity contribution in [1.29, 1.82) is 0 Å². The Kier molecular flexibility index (Phi) is 6.08. The Hall–Kier alpha value is -2.03. The minimum atomic E-state index is -0.502. The number of thiazole rings is 1. The average molecular weight is 395 g/mol. The van der Waals surface area contributed by atoms with Gasteiger partial charge in [0.05, 0.1) is 12.6 Å². The van der Waals surface area contributed by atoms with Crippen molar-refractivity contribution in [3.63, 3.8) is 0 Å². The number of nitrogens with two attached hydrogens (primary N) is 1. The van der Waals surface area contributed by atoms with Crippen molar-refractivity contribution in [3.8, 4) is 0 Å². The van der Waals surface area contributed by atoms with Crippen molar-refractivity contribution in [3.05, 3.63) is 11.6 Å². The third-order valence-electron chi connectivity index (χ3n) is 4.64. The van der Waals surface area contributed by atoms with E-state index in [0.29, 0.717) is 18.4 Å². The molecule has 0 radical (unpaired) electrons. The number of aromatic nitrogens is 1. The summed E-state index contributed by atoms with van der Waals surface area (Å²) in [5.41, 5.74) is 5.71. The second-order valence-electron chi connectivity index (χ2n) is 8.08. The number of hydrogen-bond donors (Lipinski definition) is 2. The normalized spacial score (nSPS) is 19.7. The van der Waals surface area contributed by atoms with Crippen LogP contribution in [0.4, 0.5) is 9.93 Å². The first-order valence-electron chi connectivity index (χ1n) is 9.50. The van der Waals surface area contributed by atoms with E-state index in [1.807, 2.05) is 32.3 Å². The van der Waals surface area contributed by atoms with Crippen LogP contribution in [0.3, 0.4) is 0 Å². The number of guanidine groups is 1. The smallest absolute Gasteiger partial charge is 0.407 e. The minimum Gasteiger partial charge on any atom is -0.444 e. The molecule has 0 aromatic carbocycles. The molecule has 27 heavy (non-hydrogen) atoms. The van der Waals surface area contributed by atoms with Crippen LogP contribution < -0.4 is 16.0 Å². The lowest BCUT2D eigenvalue weighted by Gasteiger charge is -2.35. The lowest BCUT2D eigenvalue weighted by Crippen LogP contribution is -2.51. The first-order chi connectivity index (χ1) is 12.8. The summed E-state index contributed by atoms with van der Waals surface area (Å²) < 4.78 is 5.37. The Balaban J connectivity index is 1.49. The second kappa shape index (κ2) is 8.33. The van der Waals surface area contributed by atoms with Crippen LogP contribution in [0.1, 0.15) is 33.6 Å². The number of alkyl carbamates (subject to hydrolysis) is 1. The van der Waals surface area contributed by atoms with Gasteiger partial charge in [-0.3, -0.25) is 4.99 Å². The van der Waals surface area contributed by atoms with Gasteiger partial charge in [-0.15, -0.1) is 11.3 Å². The van der Waals surface area contributed by atoms with E-state index in [1.165, 1.54) is 0 Å². The predicted molar refractivity (Wildman–Crippen MR) is 108 cm³/mol. The molecule has 0 spiro atoms. The first kappa shape index (κ1) is 19.7. The van der Waals surface area contributed by atoms with Gasteiger partial charge in [0.2, 0.25) is 0 Å². The standard InChI is InChI=1S/C18H30N6O2S/c1-18(2,3)26-17(25)22-14(13-4-5-13)12-21-15(19)23-7-9-24(10-8-23)16-20-6-11-27-16/h6,11,13-14H,4-5,7-10,12H2,1-3H3,(H2,19,21)(H,22,25). The van der Waals surface area contributed by atoms with Gasteiger partial charge in [0, 0.05) is 37.8 Å². The Morgan fingerprint density at radius 3 is 2.67 bits per heavy atom. The predicted octanol–water partition coefficient (Wildman–Crippen LogP) is 1.88. The average Bonchev–Trinajstić information content (AvgIpc) is 3.30. The summed E-state index contributed by atoms with van der Waals surface area (Å²) in [6, 6.07) is -0.0185. The Labute approximate surface area is 164 Å². The Bertz CT molecular complexity index is 645. The van der Waals surface area contributed by atoms with E-state index >= 15 is 0 Å². The summed E-state index contributed by atoms with van der Waals surface area (Å²) in [6.07, 6.45) is 3.67. The molecule has 1 unspecified atom stereocenters. The molecule has 2 heterocycles. The zero-order valence-electron chi connectivity index (χ0n) is 16.4. The zero-order chi connectivity index (χ0) is 19.4. The summed E-state index contributed by atoms with van der Waals surface area (Å²) in [5.74, 6) is 1.02. The number of piperazine rings is 1. The highest BCUT2D eigenvalue weighted by atomic mass is 32.1. The molecular weight excluding hydrogens is 364 g/mol. The van der Waals surface area contributed by atoms with Gasteiger partial charge in [0.15, 0.2) is 11.1 Å². The fraction of sp³-hybridized carbons (Fsp3) is 0.722. The SMILES string of the molecule is CC(C)(C)OC(=O)NC(CN=C(N)N1CCN(c2nccs2)CC1)C1CC1. The van der Waals surface area contributed by atoms with Crippen LogP contribution in [0.25, 0.3) is 0 Å². The van der Waals surface area contributed by atoms with E-state index in [1.54, 1.807) is 11.3 Å². The number of ether oxygens (including phenoxy) is 1. The van der Waals surface area contributed by atoms with Gasteiger partial charge in [-0.25, -0.2) is 9.78 Å². The van der Waals surface area contributed by atoms with Gasteiger partial charge in [-0.05, 0) is 39.5 Å². The van der Waals surface area contributed by atoms with Crippen molar-refractivity contribution in [2.45, 2.75) is 45.3 Å². The highest BCUT2D eigenvalue weighted by Crippen LogP contribution is 2.33. The molecule has 1 saturated heterocycles. The first-order valence-corrected chi connectivity index (χ1v) is 10.4. The molecule has 1 aliphatic carbocycles. The molecular formula is C18H30N6O2S. The summed E-state index contributed by atoms with van der Waals surface area (Å²) in [6.45, 7) is 9.48. The molecule has 1 atom stereocenters. The summed E-state index contributed by atoms with van der Waals surface area (Å²) >= 11 is 1.66. The number of hydrogen-bond acceptors (Lipinski definition) is 6. The number of nitrogens with one attached hydrogen (secondary N) is 1. The van der Waals surface area contributed by atoms with Gasteiger partial charge in [0.25, 0.3) is 0 Å². The fourth-order valence-corrected chi connectivity index (χ4v) is 3.76. The number of carbonyl (C=O) groups is 1. The quantitative estimate of drug-likeness (QED) is 0.585. The van der Waals surface area contributed by atoms with Crippen LogP contribution in [-0.2, 0) is 4.74 Å². The van der Waals surface area contributed by atoms with Crippen LogP contribution in [0, 0.1) is 5.92 Å². The van der Waals surface area contributed by atoms with Crippen molar-refractivity contribution < 1.29 is 9.53 Å². The van der Waals surface area contributed by atoms with Crippen molar-refractivity contribution in [2.75, 3.05) is 37.6 Å². The number of nitrogens with zero attached hydrogens (tertiary/aromatic N) is 4. The van der Waals surface area contributed by atoms with Gasteiger partial charge in [-0.1, -0.05) is 0 Å². The van der Waals surface area contributed by atoms with Crippen molar-refractivity contribution in [2.24, 2.45) is 16.6 Å². The molecule has 150 valence electrons. The maximum atomic E-state index is 12.1. The lowest BCUT2D eigenvalue weighted by atomic mass is 10.2. The molecule has 1 aromatic heterocycles. The highest BCUT2D eigenvalue weighted by Gasteiger charge is 2.33. The molecule has 0 bridgehead atoms. The van der Waals surface area contributed by atoms with Crippen LogP contribution in [0.2, 0.25) is 0 Å². The molecule has 3 rings (SSSR count). The van der Waals surface area contributed by atoms with Crippen LogP contribution in [-0.4, -0.2) is 66.3 Å². The number of carbonyl (C=O) groups excluding carboxylic acids is 1.